The van der Waals surface area contributed by atoms with Gasteiger partial charge >= 0.3 is 11.7 Å². The lowest BCUT2D eigenvalue weighted by atomic mass is 10.3. The van der Waals surface area contributed by atoms with Crippen molar-refractivity contribution in [3.63, 3.8) is 0 Å². The van der Waals surface area contributed by atoms with E-state index in [0.29, 0.717) is 16.8 Å². The fourth-order valence-electron chi connectivity index (χ4n) is 1.82. The van der Waals surface area contributed by atoms with Crippen LogP contribution in [0.3, 0.4) is 0 Å². The highest BCUT2D eigenvalue weighted by atomic mass is 32.1. The van der Waals surface area contributed by atoms with E-state index in [-0.39, 0.29) is 6.54 Å². The molecule has 0 unspecified atom stereocenters. The third kappa shape index (κ3) is 2.98. The maximum Gasteiger partial charge on any atom is 0.329 e. The van der Waals surface area contributed by atoms with Gasteiger partial charge in [0.05, 0.1) is 12.0 Å². The molecule has 0 radical (unpaired) electrons. The van der Waals surface area contributed by atoms with Gasteiger partial charge in [-0.1, -0.05) is 13.3 Å². The zero-order valence-electron chi connectivity index (χ0n) is 11.4. The van der Waals surface area contributed by atoms with Crippen LogP contribution in [0.5, 0.6) is 0 Å². The molecule has 0 saturated heterocycles. The van der Waals surface area contributed by atoms with Crippen molar-refractivity contribution in [2.75, 3.05) is 6.61 Å². The Hall–Kier alpha value is -1.89. The molecular formula is C13H16N2O4S. The predicted molar refractivity (Wildman–Crippen MR) is 77.3 cm³/mol. The number of unbranched alkanes of at least 4 members (excludes halogenated alkanes) is 1. The average Bonchev–Trinajstić information content (AvgIpc) is 2.75. The van der Waals surface area contributed by atoms with Gasteiger partial charge in [0.1, 0.15) is 11.4 Å². The van der Waals surface area contributed by atoms with Gasteiger partial charge in [-0.3, -0.25) is 14.6 Å². The normalized spacial score (nSPS) is 10.9. The summed E-state index contributed by atoms with van der Waals surface area (Å²) in [6.45, 7) is 3.78. The Morgan fingerprint density at radius 3 is 2.90 bits per heavy atom. The number of rotatable bonds is 5. The molecule has 0 spiro atoms. The first-order valence-corrected chi connectivity index (χ1v) is 7.23. The lowest BCUT2D eigenvalue weighted by molar-refractivity contribution is -0.144. The molecular weight excluding hydrogens is 280 g/mol. The molecule has 7 heteroatoms. The minimum atomic E-state index is -0.586. The Balaban J connectivity index is 2.28. The molecule has 20 heavy (non-hydrogen) atoms. The van der Waals surface area contributed by atoms with Gasteiger partial charge < -0.3 is 4.74 Å². The molecule has 2 aromatic rings. The van der Waals surface area contributed by atoms with Crippen molar-refractivity contribution in [2.45, 2.75) is 33.2 Å². The number of aryl methyl sites for hydroxylation is 1. The second-order valence-electron chi connectivity index (χ2n) is 4.50. The van der Waals surface area contributed by atoms with Crippen molar-refractivity contribution in [1.29, 1.82) is 0 Å². The molecule has 0 aromatic carbocycles. The molecule has 108 valence electrons. The van der Waals surface area contributed by atoms with Crippen LogP contribution in [0.15, 0.2) is 15.7 Å². The minimum absolute atomic E-state index is 0.307. The van der Waals surface area contributed by atoms with E-state index in [0.717, 1.165) is 22.3 Å². The van der Waals surface area contributed by atoms with Gasteiger partial charge in [-0.2, -0.15) is 0 Å². The summed E-state index contributed by atoms with van der Waals surface area (Å²) in [6, 6.07) is 1.71. The van der Waals surface area contributed by atoms with Gasteiger partial charge in [0.25, 0.3) is 5.56 Å². The number of aromatic nitrogens is 2. The lowest BCUT2D eigenvalue weighted by Gasteiger charge is -2.05. The summed E-state index contributed by atoms with van der Waals surface area (Å²) in [6.07, 6.45) is 1.67. The van der Waals surface area contributed by atoms with Gasteiger partial charge in [0.15, 0.2) is 0 Å². The molecule has 0 atom stereocenters. The summed E-state index contributed by atoms with van der Waals surface area (Å²) in [4.78, 5) is 39.7. The number of H-pyrrole nitrogens is 1. The van der Waals surface area contributed by atoms with E-state index < -0.39 is 17.2 Å². The predicted octanol–water partition coefficient (Wildman–Crippen LogP) is 1.40. The molecule has 2 rings (SSSR count). The van der Waals surface area contributed by atoms with Gasteiger partial charge in [-0.15, -0.1) is 11.3 Å². The summed E-state index contributed by atoms with van der Waals surface area (Å²) >= 11 is 1.34. The molecule has 0 amide bonds. The Kier molecular flexibility index (Phi) is 4.39. The zero-order chi connectivity index (χ0) is 14.7. The number of ether oxygens (including phenoxy) is 1. The Labute approximate surface area is 119 Å². The summed E-state index contributed by atoms with van der Waals surface area (Å²) < 4.78 is 5.84. The van der Waals surface area contributed by atoms with Crippen LogP contribution in [0.25, 0.3) is 10.2 Å². The molecule has 6 nitrogen and oxygen atoms in total. The highest BCUT2D eigenvalue weighted by Crippen LogP contribution is 2.18. The zero-order valence-corrected chi connectivity index (χ0v) is 12.2. The van der Waals surface area contributed by atoms with Gasteiger partial charge in [0, 0.05) is 4.88 Å². The highest BCUT2D eigenvalue weighted by Gasteiger charge is 2.13. The first-order valence-electron chi connectivity index (χ1n) is 6.41. The minimum Gasteiger partial charge on any atom is -0.464 e. The Bertz CT molecular complexity index is 741. The fraction of sp³-hybridized carbons (Fsp3) is 0.462. The van der Waals surface area contributed by atoms with Crippen LogP contribution in [0.4, 0.5) is 0 Å². The van der Waals surface area contributed by atoms with Crippen LogP contribution >= 0.6 is 11.3 Å². The number of fused-ring (bicyclic) bond motifs is 1. The number of hydrogen-bond acceptors (Lipinski definition) is 5. The van der Waals surface area contributed by atoms with Crippen molar-refractivity contribution < 1.29 is 9.53 Å². The number of carbonyl (C=O) groups excluding carboxylic acids is 1. The maximum atomic E-state index is 12.2. The maximum absolute atomic E-state index is 12.2. The molecule has 0 saturated carbocycles. The summed E-state index contributed by atoms with van der Waals surface area (Å²) in [5.74, 6) is -0.572. The number of aromatic amines is 1. The fourth-order valence-corrected chi connectivity index (χ4v) is 2.71. The Morgan fingerprint density at radius 1 is 1.45 bits per heavy atom. The van der Waals surface area contributed by atoms with Gasteiger partial charge in [-0.05, 0) is 19.4 Å². The van der Waals surface area contributed by atoms with Crippen molar-refractivity contribution in [1.82, 2.24) is 9.55 Å². The molecule has 0 aliphatic rings. The smallest absolute Gasteiger partial charge is 0.329 e. The molecule has 1 N–H and O–H groups in total. The number of nitrogens with zero attached hydrogens (tertiary/aromatic N) is 1. The van der Waals surface area contributed by atoms with E-state index in [1.165, 1.54) is 11.3 Å². The average molecular weight is 296 g/mol. The van der Waals surface area contributed by atoms with Crippen LogP contribution in [-0.2, 0) is 16.1 Å². The van der Waals surface area contributed by atoms with Crippen LogP contribution in [0.2, 0.25) is 0 Å². The number of nitrogens with one attached hydrogen (secondary N) is 1. The molecule has 2 aromatic heterocycles. The second kappa shape index (κ2) is 6.04. The van der Waals surface area contributed by atoms with Crippen molar-refractivity contribution >= 4 is 27.5 Å². The number of carbonyl (C=O) groups is 1. The van der Waals surface area contributed by atoms with Crippen molar-refractivity contribution in [3.8, 4) is 0 Å². The van der Waals surface area contributed by atoms with Crippen LogP contribution < -0.4 is 11.2 Å². The number of esters is 1. The molecule has 0 aliphatic heterocycles. The van der Waals surface area contributed by atoms with E-state index >= 15 is 0 Å². The Morgan fingerprint density at radius 2 is 2.20 bits per heavy atom. The second-order valence-corrected chi connectivity index (χ2v) is 5.75. The quantitative estimate of drug-likeness (QED) is 0.668. The molecule has 2 heterocycles. The van der Waals surface area contributed by atoms with Crippen molar-refractivity contribution in [2.24, 2.45) is 0 Å². The number of thiophene rings is 1. The molecule has 0 aliphatic carbocycles. The van der Waals surface area contributed by atoms with E-state index in [1.807, 2.05) is 13.8 Å². The largest absolute Gasteiger partial charge is 0.464 e. The van der Waals surface area contributed by atoms with E-state index in [4.69, 9.17) is 4.74 Å². The van der Waals surface area contributed by atoms with Crippen LogP contribution in [0.1, 0.15) is 24.6 Å². The van der Waals surface area contributed by atoms with Gasteiger partial charge in [-0.25, -0.2) is 9.36 Å². The monoisotopic (exact) mass is 296 g/mol. The third-order valence-corrected chi connectivity index (χ3v) is 3.81. The lowest BCUT2D eigenvalue weighted by Crippen LogP contribution is -2.37. The van der Waals surface area contributed by atoms with E-state index in [2.05, 4.69) is 4.98 Å². The summed E-state index contributed by atoms with van der Waals surface area (Å²) in [7, 11) is 0. The molecule has 0 fully saturated rings. The highest BCUT2D eigenvalue weighted by molar-refractivity contribution is 7.18. The van der Waals surface area contributed by atoms with Crippen molar-refractivity contribution in [3.05, 3.63) is 31.8 Å². The summed E-state index contributed by atoms with van der Waals surface area (Å²) in [5, 5.41) is 0.424. The standard InChI is InChI=1S/C13H16N2O4S/c1-3-4-5-19-10(16)7-15-12(17)9-6-8(2)20-11(9)14-13(15)18/h6H,3-5,7H2,1-2H3,(H,14,18). The number of hydrogen-bond donors (Lipinski definition) is 1. The summed E-state index contributed by atoms with van der Waals surface area (Å²) in [5.41, 5.74) is -1.04. The topological polar surface area (TPSA) is 81.2 Å². The van der Waals surface area contributed by atoms with Crippen LogP contribution in [-0.4, -0.2) is 22.1 Å². The van der Waals surface area contributed by atoms with E-state index in [9.17, 15) is 14.4 Å². The van der Waals surface area contributed by atoms with Crippen LogP contribution in [0, 0.1) is 6.92 Å². The SMILES string of the molecule is CCCCOC(=O)Cn1c(=O)[nH]c2sc(C)cc2c1=O. The third-order valence-electron chi connectivity index (χ3n) is 2.84. The first-order chi connectivity index (χ1) is 9.52. The van der Waals surface area contributed by atoms with Gasteiger partial charge in [0.2, 0.25) is 0 Å². The first kappa shape index (κ1) is 14.5. The van der Waals surface area contributed by atoms with E-state index in [1.54, 1.807) is 6.07 Å². The molecule has 0 bridgehead atoms.